The number of hydrogen-bond acceptors (Lipinski definition) is 3. The van der Waals surface area contributed by atoms with Crippen LogP contribution in [0.3, 0.4) is 0 Å². The normalized spacial score (nSPS) is 16.0. The molecule has 2 amide bonds. The van der Waals surface area contributed by atoms with Gasteiger partial charge in [0.05, 0.1) is 6.61 Å². The molecule has 134 valence electrons. The zero-order valence-corrected chi connectivity index (χ0v) is 15.3. The zero-order valence-electron chi connectivity index (χ0n) is 15.3. The van der Waals surface area contributed by atoms with E-state index in [4.69, 9.17) is 4.74 Å². The highest BCUT2D eigenvalue weighted by Gasteiger charge is 2.18. The van der Waals surface area contributed by atoms with Gasteiger partial charge in [0.2, 0.25) is 0 Å². The quantitative estimate of drug-likeness (QED) is 0.795. The minimum absolute atomic E-state index is 0.0121. The Hall–Kier alpha value is -1.75. The summed E-state index contributed by atoms with van der Waals surface area (Å²) in [6.45, 7) is 11.3. The van der Waals surface area contributed by atoms with Crippen LogP contribution in [0.25, 0.3) is 0 Å². The van der Waals surface area contributed by atoms with Gasteiger partial charge in [0.1, 0.15) is 5.75 Å². The molecule has 1 atom stereocenters. The molecule has 0 aliphatic carbocycles. The third kappa shape index (κ3) is 5.71. The highest BCUT2D eigenvalue weighted by Crippen LogP contribution is 2.14. The van der Waals surface area contributed by atoms with Gasteiger partial charge in [-0.3, -0.25) is 0 Å². The highest BCUT2D eigenvalue weighted by atomic mass is 16.5. The molecule has 1 saturated heterocycles. The minimum Gasteiger partial charge on any atom is -0.494 e. The number of benzene rings is 1. The van der Waals surface area contributed by atoms with Crippen LogP contribution in [0.15, 0.2) is 24.3 Å². The van der Waals surface area contributed by atoms with Crippen molar-refractivity contribution in [2.24, 2.45) is 0 Å². The van der Waals surface area contributed by atoms with Gasteiger partial charge in [-0.15, -0.1) is 0 Å². The summed E-state index contributed by atoms with van der Waals surface area (Å²) in [5, 5.41) is 3.13. The summed E-state index contributed by atoms with van der Waals surface area (Å²) in [7, 11) is 0. The molecule has 24 heavy (non-hydrogen) atoms. The molecule has 1 aromatic rings. The molecule has 1 N–H and O–H groups in total. The van der Waals surface area contributed by atoms with Crippen molar-refractivity contribution in [1.29, 1.82) is 0 Å². The number of ether oxygens (including phenoxy) is 1. The van der Waals surface area contributed by atoms with Crippen LogP contribution in [0.5, 0.6) is 5.75 Å². The van der Waals surface area contributed by atoms with Crippen molar-refractivity contribution in [3.8, 4) is 5.75 Å². The predicted molar refractivity (Wildman–Crippen MR) is 97.4 cm³/mol. The number of nitrogens with zero attached hydrogens (tertiary/aromatic N) is 2. The van der Waals surface area contributed by atoms with E-state index >= 15 is 0 Å². The van der Waals surface area contributed by atoms with E-state index in [1.54, 1.807) is 0 Å². The summed E-state index contributed by atoms with van der Waals surface area (Å²) in [6.07, 6.45) is 2.55. The number of urea groups is 1. The maximum Gasteiger partial charge on any atom is 0.317 e. The SMILES string of the molecule is CCOc1ccc(CN(CC)C(=O)N[C@@H](C)CN2CCCC2)cc1. The first-order chi connectivity index (χ1) is 11.6. The molecule has 1 aromatic carbocycles. The molecular weight excluding hydrogens is 302 g/mol. The maximum atomic E-state index is 12.5. The van der Waals surface area contributed by atoms with Gasteiger partial charge < -0.3 is 19.9 Å². The van der Waals surface area contributed by atoms with Gasteiger partial charge in [-0.25, -0.2) is 4.79 Å². The number of amides is 2. The van der Waals surface area contributed by atoms with E-state index in [0.717, 1.165) is 30.9 Å². The summed E-state index contributed by atoms with van der Waals surface area (Å²) >= 11 is 0. The van der Waals surface area contributed by atoms with E-state index < -0.39 is 0 Å². The van der Waals surface area contributed by atoms with Crippen molar-refractivity contribution in [2.75, 3.05) is 32.8 Å². The van der Waals surface area contributed by atoms with Crippen molar-refractivity contribution in [2.45, 2.75) is 46.2 Å². The average Bonchev–Trinajstić information content (AvgIpc) is 3.07. The maximum absolute atomic E-state index is 12.5. The first-order valence-electron chi connectivity index (χ1n) is 9.12. The van der Waals surface area contributed by atoms with E-state index in [-0.39, 0.29) is 12.1 Å². The fourth-order valence-electron chi connectivity index (χ4n) is 3.11. The second kappa shape index (κ2) is 9.52. The molecule has 1 aliphatic rings. The van der Waals surface area contributed by atoms with E-state index in [1.165, 1.54) is 12.8 Å². The van der Waals surface area contributed by atoms with Gasteiger partial charge in [0.15, 0.2) is 0 Å². The van der Waals surface area contributed by atoms with Crippen LogP contribution in [0.1, 0.15) is 39.2 Å². The van der Waals surface area contributed by atoms with Gasteiger partial charge >= 0.3 is 6.03 Å². The smallest absolute Gasteiger partial charge is 0.317 e. The Labute approximate surface area is 146 Å². The second-order valence-electron chi connectivity index (χ2n) is 6.45. The van der Waals surface area contributed by atoms with Crippen molar-refractivity contribution in [3.05, 3.63) is 29.8 Å². The molecule has 5 nitrogen and oxygen atoms in total. The van der Waals surface area contributed by atoms with Gasteiger partial charge in [-0.1, -0.05) is 12.1 Å². The number of nitrogens with one attached hydrogen (secondary N) is 1. The third-order valence-corrected chi connectivity index (χ3v) is 4.38. The number of hydrogen-bond donors (Lipinski definition) is 1. The highest BCUT2D eigenvalue weighted by molar-refractivity contribution is 5.74. The summed E-state index contributed by atoms with van der Waals surface area (Å²) < 4.78 is 5.46. The summed E-state index contributed by atoms with van der Waals surface area (Å²) in [5.41, 5.74) is 1.11. The Morgan fingerprint density at radius 2 is 1.92 bits per heavy atom. The molecule has 1 fully saturated rings. The standard InChI is InChI=1S/C19H31N3O2/c1-4-22(15-17-8-10-18(11-9-17)24-5-2)19(23)20-16(3)14-21-12-6-7-13-21/h8-11,16H,4-7,12-15H2,1-3H3,(H,20,23)/t16-/m0/s1. The lowest BCUT2D eigenvalue weighted by atomic mass is 10.2. The molecule has 1 heterocycles. The monoisotopic (exact) mass is 333 g/mol. The lowest BCUT2D eigenvalue weighted by Crippen LogP contribution is -2.47. The number of carbonyl (C=O) groups excluding carboxylic acids is 1. The molecule has 0 saturated carbocycles. The van der Waals surface area contributed by atoms with Gasteiger partial charge in [-0.2, -0.15) is 0 Å². The Bertz CT molecular complexity index is 498. The minimum atomic E-state index is 0.0121. The van der Waals surface area contributed by atoms with Crippen LogP contribution in [-0.2, 0) is 6.54 Å². The summed E-state index contributed by atoms with van der Waals surface area (Å²) in [6, 6.07) is 8.15. The summed E-state index contributed by atoms with van der Waals surface area (Å²) in [4.78, 5) is 16.8. The van der Waals surface area contributed by atoms with E-state index in [2.05, 4.69) is 17.1 Å². The second-order valence-corrected chi connectivity index (χ2v) is 6.45. The van der Waals surface area contributed by atoms with Gasteiger partial charge in [-0.05, 0) is 64.4 Å². The van der Waals surface area contributed by atoms with Crippen LogP contribution in [0.2, 0.25) is 0 Å². The predicted octanol–water partition coefficient (Wildman–Crippen LogP) is 3.10. The van der Waals surface area contributed by atoms with Crippen LogP contribution in [0, 0.1) is 0 Å². The molecule has 5 heteroatoms. The lowest BCUT2D eigenvalue weighted by Gasteiger charge is -2.26. The van der Waals surface area contributed by atoms with Crippen LogP contribution >= 0.6 is 0 Å². The number of likely N-dealkylation sites (tertiary alicyclic amines) is 1. The molecule has 1 aliphatic heterocycles. The zero-order chi connectivity index (χ0) is 17.4. The van der Waals surface area contributed by atoms with Crippen molar-refractivity contribution in [1.82, 2.24) is 15.1 Å². The van der Waals surface area contributed by atoms with E-state index in [9.17, 15) is 4.79 Å². The molecule has 0 radical (unpaired) electrons. The molecule has 2 rings (SSSR count). The van der Waals surface area contributed by atoms with E-state index in [1.807, 2.05) is 43.0 Å². The summed E-state index contributed by atoms with van der Waals surface area (Å²) in [5.74, 6) is 0.869. The molecule has 0 aromatic heterocycles. The van der Waals surface area contributed by atoms with Gasteiger partial charge in [0, 0.05) is 25.7 Å². The molecule has 0 bridgehead atoms. The fraction of sp³-hybridized carbons (Fsp3) is 0.632. The fourth-order valence-corrected chi connectivity index (χ4v) is 3.11. The third-order valence-electron chi connectivity index (χ3n) is 4.38. The number of carbonyl (C=O) groups is 1. The Morgan fingerprint density at radius 3 is 2.50 bits per heavy atom. The van der Waals surface area contributed by atoms with E-state index in [0.29, 0.717) is 19.7 Å². The Morgan fingerprint density at radius 1 is 1.25 bits per heavy atom. The van der Waals surface area contributed by atoms with Gasteiger partial charge in [0.25, 0.3) is 0 Å². The first-order valence-corrected chi connectivity index (χ1v) is 9.12. The van der Waals surface area contributed by atoms with Crippen LogP contribution in [-0.4, -0.2) is 54.7 Å². The van der Waals surface area contributed by atoms with Crippen molar-refractivity contribution in [3.63, 3.8) is 0 Å². The Kier molecular flexibility index (Phi) is 7.37. The van der Waals surface area contributed by atoms with Crippen molar-refractivity contribution >= 4 is 6.03 Å². The van der Waals surface area contributed by atoms with Crippen molar-refractivity contribution < 1.29 is 9.53 Å². The Balaban J connectivity index is 1.83. The van der Waals surface area contributed by atoms with Crippen LogP contribution in [0.4, 0.5) is 4.79 Å². The molecule has 0 spiro atoms. The largest absolute Gasteiger partial charge is 0.494 e. The average molecular weight is 333 g/mol. The molecule has 0 unspecified atom stereocenters. The molecular formula is C19H31N3O2. The number of rotatable bonds is 8. The first kappa shape index (κ1) is 18.6. The lowest BCUT2D eigenvalue weighted by molar-refractivity contribution is 0.190. The topological polar surface area (TPSA) is 44.8 Å². The van der Waals surface area contributed by atoms with Crippen LogP contribution < -0.4 is 10.1 Å².